The lowest BCUT2D eigenvalue weighted by Gasteiger charge is -2.26. The van der Waals surface area contributed by atoms with Gasteiger partial charge in [-0.1, -0.05) is 104 Å². The molecule has 4 unspecified atom stereocenters. The predicted octanol–water partition coefficient (Wildman–Crippen LogP) is 15.4. The van der Waals surface area contributed by atoms with Crippen molar-refractivity contribution in [1.29, 1.82) is 0 Å². The average Bonchev–Trinajstić information content (AvgIpc) is 3.16. The van der Waals surface area contributed by atoms with Crippen LogP contribution in [0.5, 0.6) is 0 Å². The number of rotatable bonds is 10. The highest BCUT2D eigenvalue weighted by molar-refractivity contribution is 6.26. The molecule has 6 aromatic carbocycles. The highest BCUT2D eigenvalue weighted by Crippen LogP contribution is 2.52. The molecule has 50 heavy (non-hydrogen) atoms. The molecule has 2 aliphatic rings. The van der Waals surface area contributed by atoms with Gasteiger partial charge in [0.1, 0.15) is 22.3 Å². The summed E-state index contributed by atoms with van der Waals surface area (Å²) in [6, 6.07) is 31.9. The Bertz CT molecular complexity index is 2220. The van der Waals surface area contributed by atoms with Gasteiger partial charge >= 0.3 is 0 Å². The molecular formula is C48H50O2. The van der Waals surface area contributed by atoms with E-state index in [0.717, 1.165) is 58.8 Å². The number of benzene rings is 6. The van der Waals surface area contributed by atoms with E-state index in [9.17, 15) is 0 Å². The molecule has 0 radical (unpaired) electrons. The molecule has 0 bridgehead atoms. The van der Waals surface area contributed by atoms with Crippen molar-refractivity contribution in [2.24, 2.45) is 0 Å². The molecule has 0 N–H and O–H groups in total. The molecule has 4 atom stereocenters. The summed E-state index contributed by atoms with van der Waals surface area (Å²) in [6.45, 7) is 18.7. The van der Waals surface area contributed by atoms with Crippen LogP contribution in [0.1, 0.15) is 127 Å². The summed E-state index contributed by atoms with van der Waals surface area (Å²) < 4.78 is 13.8. The summed E-state index contributed by atoms with van der Waals surface area (Å²) in [5, 5.41) is 4.78. The Labute approximate surface area is 297 Å². The van der Waals surface area contributed by atoms with Crippen molar-refractivity contribution < 1.29 is 8.83 Å². The lowest BCUT2D eigenvalue weighted by molar-refractivity contribution is 0.646. The minimum absolute atomic E-state index is 0.457. The normalized spacial score (nSPS) is 14.8. The Hall–Kier alpha value is -4.56. The number of hydrogen-bond acceptors (Lipinski definition) is 2. The SMILES string of the molecule is CCC(C)c1cccc(C(C)CC)c1-c1ccc2oc3ccc4c(-c5c(C(C)CC)cccc5C(C)CC)ccc5oc6ccc1c2c6-c3c54. The molecule has 8 rings (SSSR count). The van der Waals surface area contributed by atoms with E-state index in [4.69, 9.17) is 8.83 Å². The predicted molar refractivity (Wildman–Crippen MR) is 215 cm³/mol. The first-order valence-electron chi connectivity index (χ1n) is 19.1. The highest BCUT2D eigenvalue weighted by atomic mass is 16.3. The summed E-state index contributed by atoms with van der Waals surface area (Å²) in [7, 11) is 0. The van der Waals surface area contributed by atoms with Crippen LogP contribution in [0.3, 0.4) is 0 Å². The van der Waals surface area contributed by atoms with E-state index >= 15 is 0 Å². The van der Waals surface area contributed by atoms with E-state index in [1.54, 1.807) is 0 Å². The van der Waals surface area contributed by atoms with Crippen molar-refractivity contribution in [1.82, 2.24) is 0 Å². The quantitative estimate of drug-likeness (QED) is 0.108. The van der Waals surface area contributed by atoms with E-state index < -0.39 is 0 Å². The summed E-state index contributed by atoms with van der Waals surface area (Å²) >= 11 is 0. The van der Waals surface area contributed by atoms with Gasteiger partial charge in [-0.25, -0.2) is 0 Å². The van der Waals surface area contributed by atoms with Crippen molar-refractivity contribution >= 4 is 43.9 Å². The molecule has 0 spiro atoms. The van der Waals surface area contributed by atoms with Gasteiger partial charge < -0.3 is 8.83 Å². The third kappa shape index (κ3) is 4.82. The molecule has 0 aromatic heterocycles. The van der Waals surface area contributed by atoms with Crippen LogP contribution in [0, 0.1) is 0 Å². The zero-order valence-electron chi connectivity index (χ0n) is 31.0. The lowest BCUT2D eigenvalue weighted by Crippen LogP contribution is -2.04. The minimum Gasteiger partial charge on any atom is -0.456 e. The Morgan fingerprint density at radius 2 is 0.700 bits per heavy atom. The smallest absolute Gasteiger partial charge is 0.136 e. The first-order chi connectivity index (χ1) is 24.3. The van der Waals surface area contributed by atoms with Gasteiger partial charge in [-0.3, -0.25) is 0 Å². The van der Waals surface area contributed by atoms with Crippen molar-refractivity contribution in [3.8, 4) is 33.4 Å². The summed E-state index contributed by atoms with van der Waals surface area (Å²) in [5.41, 5.74) is 17.1. The maximum absolute atomic E-state index is 6.88. The van der Waals surface area contributed by atoms with Gasteiger partial charge in [0.05, 0.1) is 0 Å². The largest absolute Gasteiger partial charge is 0.456 e. The van der Waals surface area contributed by atoms with Crippen LogP contribution in [0.4, 0.5) is 0 Å². The molecule has 2 heterocycles. The fourth-order valence-corrected chi connectivity index (χ4v) is 8.62. The fourth-order valence-electron chi connectivity index (χ4n) is 8.62. The fraction of sp³-hybridized carbons (Fsp3) is 0.333. The molecule has 254 valence electrons. The Morgan fingerprint density at radius 3 is 1.02 bits per heavy atom. The van der Waals surface area contributed by atoms with E-state index in [1.165, 1.54) is 66.4 Å². The summed E-state index contributed by atoms with van der Waals surface area (Å²) in [6.07, 6.45) is 4.40. The lowest BCUT2D eigenvalue weighted by atomic mass is 9.79. The van der Waals surface area contributed by atoms with Gasteiger partial charge in [0.25, 0.3) is 0 Å². The molecule has 0 fully saturated rings. The molecule has 2 aliphatic heterocycles. The Kier molecular flexibility index (Phi) is 8.25. The van der Waals surface area contributed by atoms with Crippen molar-refractivity contribution in [2.45, 2.75) is 105 Å². The van der Waals surface area contributed by atoms with Gasteiger partial charge in [0.2, 0.25) is 0 Å². The third-order valence-corrected chi connectivity index (χ3v) is 12.3. The Morgan fingerprint density at radius 1 is 0.380 bits per heavy atom. The first kappa shape index (κ1) is 32.6. The Balaban J connectivity index is 1.46. The van der Waals surface area contributed by atoms with E-state index in [-0.39, 0.29) is 0 Å². The van der Waals surface area contributed by atoms with Gasteiger partial charge in [-0.2, -0.15) is 0 Å². The zero-order valence-corrected chi connectivity index (χ0v) is 31.0. The highest BCUT2D eigenvalue weighted by Gasteiger charge is 2.29. The standard InChI is InChI=1S/C48H50O2/c1-9-27(5)31-15-13-16-32(28(6)10-2)43(31)35-19-23-39-45-37(35)21-25-41-47(45)48-42(49-39)26-22-38-36(20-24-40(50-41)46(38)48)44-33(29(7)11-3)17-14-18-34(44)30(8)12-4/h13-30H,9-12H2,1-8H3. The van der Waals surface area contributed by atoms with Gasteiger partial charge in [0.15, 0.2) is 0 Å². The molecule has 6 aromatic rings. The van der Waals surface area contributed by atoms with Crippen LogP contribution in [0.25, 0.3) is 77.3 Å². The zero-order chi connectivity index (χ0) is 34.8. The second-order valence-electron chi connectivity index (χ2n) is 15.0. The maximum Gasteiger partial charge on any atom is 0.136 e. The first-order valence-corrected chi connectivity index (χ1v) is 19.1. The number of hydrogen-bond donors (Lipinski definition) is 0. The molecule has 0 saturated heterocycles. The molecule has 0 aliphatic carbocycles. The van der Waals surface area contributed by atoms with Crippen LogP contribution in [-0.2, 0) is 0 Å². The van der Waals surface area contributed by atoms with Crippen LogP contribution < -0.4 is 0 Å². The topological polar surface area (TPSA) is 26.3 Å². The second kappa shape index (κ2) is 12.6. The van der Waals surface area contributed by atoms with Crippen LogP contribution in [0.2, 0.25) is 0 Å². The van der Waals surface area contributed by atoms with E-state index in [0.29, 0.717) is 23.7 Å². The molecular weight excluding hydrogens is 609 g/mol. The average molecular weight is 659 g/mol. The molecule has 0 amide bonds. The van der Waals surface area contributed by atoms with Crippen molar-refractivity contribution in [3.05, 3.63) is 107 Å². The van der Waals surface area contributed by atoms with Crippen LogP contribution in [-0.4, -0.2) is 0 Å². The van der Waals surface area contributed by atoms with Gasteiger partial charge in [-0.15, -0.1) is 0 Å². The van der Waals surface area contributed by atoms with E-state index in [1.807, 2.05) is 0 Å². The van der Waals surface area contributed by atoms with Crippen molar-refractivity contribution in [2.75, 3.05) is 0 Å². The molecule has 2 heteroatoms. The summed E-state index contributed by atoms with van der Waals surface area (Å²) in [4.78, 5) is 0. The van der Waals surface area contributed by atoms with Crippen LogP contribution in [0.15, 0.2) is 93.8 Å². The van der Waals surface area contributed by atoms with Gasteiger partial charge in [-0.05, 0) is 141 Å². The van der Waals surface area contributed by atoms with Crippen molar-refractivity contribution in [3.63, 3.8) is 0 Å². The minimum atomic E-state index is 0.457. The molecule has 0 saturated carbocycles. The summed E-state index contributed by atoms with van der Waals surface area (Å²) in [5.74, 6) is 1.83. The third-order valence-electron chi connectivity index (χ3n) is 12.3. The van der Waals surface area contributed by atoms with E-state index in [2.05, 4.69) is 140 Å². The van der Waals surface area contributed by atoms with Crippen LogP contribution >= 0.6 is 0 Å². The molecule has 2 nitrogen and oxygen atoms in total. The maximum atomic E-state index is 6.88. The monoisotopic (exact) mass is 658 g/mol. The van der Waals surface area contributed by atoms with Gasteiger partial charge in [0, 0.05) is 21.9 Å². The second-order valence-corrected chi connectivity index (χ2v) is 15.0.